The Kier molecular flexibility index (Phi) is 4.37. The Labute approximate surface area is 216 Å². The number of hydrazone groups is 1. The van der Waals surface area contributed by atoms with Gasteiger partial charge in [0.15, 0.2) is 0 Å². The number of carbonyl (C=O) groups is 2. The van der Waals surface area contributed by atoms with Crippen molar-refractivity contribution in [1.29, 1.82) is 0 Å². The molecule has 5 heterocycles. The van der Waals surface area contributed by atoms with Crippen LogP contribution in [0.25, 0.3) is 11.0 Å². The lowest BCUT2D eigenvalue weighted by Gasteiger charge is -2.32. The number of benzene rings is 3. The molecule has 3 aromatic carbocycles. The van der Waals surface area contributed by atoms with Crippen LogP contribution in [0, 0.1) is 17.8 Å². The van der Waals surface area contributed by atoms with Crippen molar-refractivity contribution in [2.24, 2.45) is 22.9 Å². The average Bonchev–Trinajstić information content (AvgIpc) is 3.69. The van der Waals surface area contributed by atoms with Gasteiger partial charge in [0.05, 0.1) is 64.0 Å². The first-order valence-electron chi connectivity index (χ1n) is 12.7. The zero-order chi connectivity index (χ0) is 25.5. The van der Waals surface area contributed by atoms with Gasteiger partial charge in [0.2, 0.25) is 17.2 Å². The van der Waals surface area contributed by atoms with Crippen molar-refractivity contribution < 1.29 is 18.7 Å². The van der Waals surface area contributed by atoms with Crippen molar-refractivity contribution in [1.82, 2.24) is 0 Å². The van der Waals surface area contributed by atoms with E-state index in [4.69, 9.17) is 14.3 Å². The zero-order valence-electron chi connectivity index (χ0n) is 20.0. The number of fused-ring (bicyclic) bond motifs is 9. The predicted octanol–water partition coefficient (Wildman–Crippen LogP) is 3.59. The number of hydrogen-bond acceptors (Lipinski definition) is 7. The molecule has 6 atom stereocenters. The number of rotatable bonds is 3. The molecule has 0 aliphatic carbocycles. The maximum absolute atomic E-state index is 13.7. The quantitative estimate of drug-likeness (QED) is 0.397. The summed E-state index contributed by atoms with van der Waals surface area (Å²) in [5, 5.41) is 7.27. The van der Waals surface area contributed by atoms with E-state index in [1.54, 1.807) is 30.3 Å². The first-order chi connectivity index (χ1) is 18.6. The van der Waals surface area contributed by atoms with Gasteiger partial charge in [-0.1, -0.05) is 48.5 Å². The van der Waals surface area contributed by atoms with E-state index in [2.05, 4.69) is 0 Å². The summed E-state index contributed by atoms with van der Waals surface area (Å²) in [5.41, 5.74) is 2.58. The lowest BCUT2D eigenvalue weighted by molar-refractivity contribution is -0.125. The molecule has 3 saturated heterocycles. The van der Waals surface area contributed by atoms with Gasteiger partial charge in [-0.15, -0.1) is 0 Å². The van der Waals surface area contributed by atoms with Crippen molar-refractivity contribution in [3.8, 4) is 0 Å². The van der Waals surface area contributed by atoms with E-state index in [-0.39, 0.29) is 29.2 Å². The highest BCUT2D eigenvalue weighted by molar-refractivity contribution is 6.23. The first kappa shape index (κ1) is 21.5. The summed E-state index contributed by atoms with van der Waals surface area (Å²) in [6.45, 7) is 0. The molecule has 8 rings (SSSR count). The summed E-state index contributed by atoms with van der Waals surface area (Å²) >= 11 is 0. The second kappa shape index (κ2) is 7.72. The lowest BCUT2D eigenvalue weighted by atomic mass is 9.70. The van der Waals surface area contributed by atoms with Gasteiger partial charge in [-0.25, -0.2) is 4.90 Å². The van der Waals surface area contributed by atoms with Crippen LogP contribution in [0.5, 0.6) is 0 Å². The number of anilines is 2. The van der Waals surface area contributed by atoms with Crippen LogP contribution in [0.2, 0.25) is 0 Å². The normalized spacial score (nSPS) is 29.2. The average molecular weight is 504 g/mol. The minimum atomic E-state index is -0.637. The minimum Gasteiger partial charge on any atom is -0.463 e. The van der Waals surface area contributed by atoms with Gasteiger partial charge in [0, 0.05) is 0 Å². The van der Waals surface area contributed by atoms with Crippen LogP contribution in [0.15, 0.2) is 106 Å². The standard InChI is InChI=1S/C30H21N3O5/c34-26-18-13-7-8-14-20(18)37-15-19(26)24-23-25(33(31-24)17-11-5-2-6-12-17)28-22-21(27(23)38-28)29(35)32(30(22)36)16-9-3-1-4-10-16/h1-15,21-23,25,27-28H. The molecular weight excluding hydrogens is 482 g/mol. The fourth-order valence-electron chi connectivity index (χ4n) is 6.74. The van der Waals surface area contributed by atoms with Crippen LogP contribution >= 0.6 is 0 Å². The number of nitrogens with zero attached hydrogens (tertiary/aromatic N) is 3. The SMILES string of the molecule is O=C1C2C3OC(C2C(=O)N1c1ccccc1)C1C3C(c2coc3ccccc3c2=O)=NN1c1ccccc1. The van der Waals surface area contributed by atoms with Crippen LogP contribution in [0.1, 0.15) is 5.56 Å². The van der Waals surface area contributed by atoms with E-state index >= 15 is 0 Å². The van der Waals surface area contributed by atoms with E-state index in [1.807, 2.05) is 59.6 Å². The number of imide groups is 1. The Balaban J connectivity index is 1.27. The molecular formula is C30H21N3O5. The third-order valence-corrected chi connectivity index (χ3v) is 8.28. The molecule has 4 aliphatic heterocycles. The highest BCUT2D eigenvalue weighted by atomic mass is 16.5. The van der Waals surface area contributed by atoms with Crippen LogP contribution in [-0.4, -0.2) is 35.8 Å². The minimum absolute atomic E-state index is 0.182. The molecule has 1 aromatic heterocycles. The molecule has 2 amide bonds. The molecule has 0 spiro atoms. The largest absolute Gasteiger partial charge is 0.463 e. The third-order valence-electron chi connectivity index (χ3n) is 8.28. The Morgan fingerprint density at radius 1 is 0.684 bits per heavy atom. The molecule has 8 heteroatoms. The van der Waals surface area contributed by atoms with E-state index in [1.165, 1.54) is 11.2 Å². The van der Waals surface area contributed by atoms with Gasteiger partial charge in [-0.2, -0.15) is 5.10 Å². The second-order valence-electron chi connectivity index (χ2n) is 10.1. The summed E-state index contributed by atoms with van der Waals surface area (Å²) < 4.78 is 12.3. The molecule has 4 aliphatic rings. The molecule has 186 valence electrons. The lowest BCUT2D eigenvalue weighted by Crippen LogP contribution is -2.50. The zero-order valence-corrected chi connectivity index (χ0v) is 20.0. The Morgan fingerprint density at radius 2 is 1.32 bits per heavy atom. The molecule has 38 heavy (non-hydrogen) atoms. The number of hydrogen-bond donors (Lipinski definition) is 0. The third kappa shape index (κ3) is 2.72. The summed E-state index contributed by atoms with van der Waals surface area (Å²) in [4.78, 5) is 42.3. The van der Waals surface area contributed by atoms with Crippen LogP contribution in [-0.2, 0) is 14.3 Å². The first-order valence-corrected chi connectivity index (χ1v) is 12.7. The van der Waals surface area contributed by atoms with Gasteiger partial charge in [-0.05, 0) is 36.4 Å². The Hall–Kier alpha value is -4.56. The van der Waals surface area contributed by atoms with Crippen LogP contribution < -0.4 is 15.3 Å². The fourth-order valence-corrected chi connectivity index (χ4v) is 6.74. The van der Waals surface area contributed by atoms with Gasteiger partial charge >= 0.3 is 0 Å². The van der Waals surface area contributed by atoms with Crippen LogP contribution in [0.3, 0.4) is 0 Å². The van der Waals surface area contributed by atoms with Gasteiger partial charge < -0.3 is 9.15 Å². The van der Waals surface area contributed by atoms with Crippen molar-refractivity contribution in [3.05, 3.63) is 107 Å². The van der Waals surface area contributed by atoms with Crippen molar-refractivity contribution >= 4 is 39.9 Å². The Morgan fingerprint density at radius 3 is 2.05 bits per heavy atom. The number of amides is 2. The van der Waals surface area contributed by atoms with Crippen molar-refractivity contribution in [2.45, 2.75) is 18.2 Å². The number of ether oxygens (including phenoxy) is 1. The van der Waals surface area contributed by atoms with Crippen LogP contribution in [0.4, 0.5) is 11.4 Å². The van der Waals surface area contributed by atoms with E-state index < -0.39 is 24.0 Å². The number of carbonyl (C=O) groups excluding carboxylic acids is 2. The number of para-hydroxylation sites is 3. The highest BCUT2D eigenvalue weighted by Gasteiger charge is 2.72. The van der Waals surface area contributed by atoms with Gasteiger partial charge in [0.1, 0.15) is 11.8 Å². The molecule has 3 fully saturated rings. The fraction of sp³-hybridized carbons (Fsp3) is 0.200. The molecule has 8 nitrogen and oxygen atoms in total. The topological polar surface area (TPSA) is 92.4 Å². The molecule has 4 aromatic rings. The molecule has 2 bridgehead atoms. The molecule has 0 radical (unpaired) electrons. The summed E-state index contributed by atoms with van der Waals surface area (Å²) in [6.07, 6.45) is 0.323. The monoisotopic (exact) mass is 503 g/mol. The second-order valence-corrected chi connectivity index (χ2v) is 10.1. The van der Waals surface area contributed by atoms with E-state index in [0.717, 1.165) is 5.69 Å². The van der Waals surface area contributed by atoms with Gasteiger partial charge in [-0.3, -0.25) is 19.4 Å². The van der Waals surface area contributed by atoms with Gasteiger partial charge in [0.25, 0.3) is 0 Å². The van der Waals surface area contributed by atoms with E-state index in [0.29, 0.717) is 27.9 Å². The maximum atomic E-state index is 13.7. The summed E-state index contributed by atoms with van der Waals surface area (Å²) in [5.74, 6) is -2.13. The van der Waals surface area contributed by atoms with Crippen molar-refractivity contribution in [2.75, 3.05) is 9.91 Å². The molecule has 0 saturated carbocycles. The summed E-state index contributed by atoms with van der Waals surface area (Å²) in [6, 6.07) is 25.4. The van der Waals surface area contributed by atoms with Crippen molar-refractivity contribution in [3.63, 3.8) is 0 Å². The van der Waals surface area contributed by atoms with E-state index in [9.17, 15) is 14.4 Å². The molecule has 6 unspecified atom stereocenters. The maximum Gasteiger partial charge on any atom is 0.240 e. The summed E-state index contributed by atoms with van der Waals surface area (Å²) in [7, 11) is 0. The predicted molar refractivity (Wildman–Crippen MR) is 140 cm³/mol. The smallest absolute Gasteiger partial charge is 0.240 e. The molecule has 0 N–H and O–H groups in total. The Bertz CT molecular complexity index is 1720. The highest BCUT2D eigenvalue weighted by Crippen LogP contribution is 2.56.